The van der Waals surface area contributed by atoms with E-state index in [1.807, 2.05) is 0 Å². The molecule has 0 aliphatic heterocycles. The van der Waals surface area contributed by atoms with Crippen molar-refractivity contribution in [3.05, 3.63) is 0 Å². The second kappa shape index (κ2) is 7.61. The largest absolute Gasteiger partial charge is 0.460 e. The Morgan fingerprint density at radius 2 is 1.65 bits per heavy atom. The first-order chi connectivity index (χ1) is 8.98. The zero-order valence-corrected chi connectivity index (χ0v) is 14.1. The average molecular weight is 352 g/mol. The van der Waals surface area contributed by atoms with Gasteiger partial charge >= 0.3 is 11.9 Å². The molecular weight excluding hydrogens is 330 g/mol. The second-order valence-corrected chi connectivity index (χ2v) is 6.44. The number of rotatable bonds is 6. The molecule has 1 amide bonds. The Labute approximate surface area is 128 Å². The van der Waals surface area contributed by atoms with Gasteiger partial charge in [-0.25, -0.2) is 0 Å². The summed E-state index contributed by atoms with van der Waals surface area (Å²) in [5.74, 6) is -1.42. The maximum atomic E-state index is 11.5. The van der Waals surface area contributed by atoms with Crippen molar-refractivity contribution in [3.63, 3.8) is 0 Å². The molecule has 7 heteroatoms. The van der Waals surface area contributed by atoms with Crippen LogP contribution in [0.4, 0.5) is 0 Å². The van der Waals surface area contributed by atoms with E-state index >= 15 is 0 Å². The molecule has 0 bridgehead atoms. The zero-order valence-electron chi connectivity index (χ0n) is 12.5. The van der Waals surface area contributed by atoms with Crippen molar-refractivity contribution in [3.8, 4) is 0 Å². The Bertz CT molecular complexity index is 373. The van der Waals surface area contributed by atoms with Crippen LogP contribution in [0.1, 0.15) is 47.5 Å². The number of hydrogen-bond acceptors (Lipinski definition) is 5. The van der Waals surface area contributed by atoms with E-state index < -0.39 is 28.9 Å². The van der Waals surface area contributed by atoms with Gasteiger partial charge in [-0.05, 0) is 41.0 Å². The van der Waals surface area contributed by atoms with Crippen LogP contribution in [0.25, 0.3) is 0 Å². The van der Waals surface area contributed by atoms with Gasteiger partial charge in [-0.3, -0.25) is 14.4 Å². The Hall–Kier alpha value is -1.11. The lowest BCUT2D eigenvalue weighted by Gasteiger charge is -2.21. The van der Waals surface area contributed by atoms with Gasteiger partial charge in [0.25, 0.3) is 0 Å². The molecule has 0 aliphatic rings. The normalized spacial score (nSPS) is 11.7. The van der Waals surface area contributed by atoms with Crippen molar-refractivity contribution in [2.24, 2.45) is 5.41 Å². The van der Waals surface area contributed by atoms with Gasteiger partial charge in [0.2, 0.25) is 5.91 Å². The lowest BCUT2D eigenvalue weighted by molar-refractivity contribution is -0.156. The maximum Gasteiger partial charge on any atom is 0.323 e. The predicted octanol–water partition coefficient (Wildman–Crippen LogP) is 2.10. The van der Waals surface area contributed by atoms with Crippen molar-refractivity contribution >= 4 is 34.1 Å². The predicted molar refractivity (Wildman–Crippen MR) is 76.9 cm³/mol. The highest BCUT2D eigenvalue weighted by molar-refractivity contribution is 9.06. The van der Waals surface area contributed by atoms with Crippen molar-refractivity contribution in [1.82, 2.24) is 5.32 Å². The number of carbonyl (C=O) groups is 3. The van der Waals surface area contributed by atoms with E-state index in [0.29, 0.717) is 6.42 Å². The second-order valence-electron chi connectivity index (χ2n) is 6.11. The molecule has 0 aromatic rings. The van der Waals surface area contributed by atoms with Gasteiger partial charge < -0.3 is 13.9 Å². The number of halogens is 1. The number of esters is 1. The van der Waals surface area contributed by atoms with Crippen molar-refractivity contribution in [2.45, 2.75) is 53.1 Å². The third-order valence-corrected chi connectivity index (χ3v) is 2.71. The molecule has 0 saturated carbocycles. The minimum atomic E-state index is -0.720. The van der Waals surface area contributed by atoms with E-state index in [9.17, 15) is 14.4 Å². The molecule has 0 aromatic carbocycles. The van der Waals surface area contributed by atoms with E-state index in [1.54, 1.807) is 34.6 Å². The molecule has 116 valence electrons. The standard InChI is InChI=1S/C13H22BrNO5/c1-12(2,3)19-10(17)8-9(16)15-7-6-13(4,5)11(18)20-14/h6-8H2,1-5H3,(H,15,16). The first kappa shape index (κ1) is 18.9. The van der Waals surface area contributed by atoms with Gasteiger partial charge in [-0.1, -0.05) is 0 Å². The molecule has 0 atom stereocenters. The van der Waals surface area contributed by atoms with E-state index in [-0.39, 0.29) is 13.0 Å². The summed E-state index contributed by atoms with van der Waals surface area (Å²) in [6.07, 6.45) is 0.0675. The van der Waals surface area contributed by atoms with Crippen LogP contribution in [0.5, 0.6) is 0 Å². The molecule has 0 saturated heterocycles. The Morgan fingerprint density at radius 3 is 2.10 bits per heavy atom. The van der Waals surface area contributed by atoms with Gasteiger partial charge in [0.05, 0.1) is 5.41 Å². The molecule has 1 N–H and O–H groups in total. The van der Waals surface area contributed by atoms with E-state index in [0.717, 1.165) is 0 Å². The van der Waals surface area contributed by atoms with Gasteiger partial charge in [-0.15, -0.1) is 0 Å². The van der Waals surface area contributed by atoms with Gasteiger partial charge in [0, 0.05) is 6.54 Å². The van der Waals surface area contributed by atoms with Crippen LogP contribution in [0.2, 0.25) is 0 Å². The Balaban J connectivity index is 4.07. The monoisotopic (exact) mass is 351 g/mol. The third-order valence-electron chi connectivity index (χ3n) is 2.42. The SMILES string of the molecule is CC(C)(C)OC(=O)CC(=O)NCCC(C)(C)C(=O)OBr. The summed E-state index contributed by atoms with van der Waals surface area (Å²) in [4.78, 5) is 34.3. The van der Waals surface area contributed by atoms with Crippen molar-refractivity contribution in [2.75, 3.05) is 6.54 Å². The number of carbonyl (C=O) groups excluding carboxylic acids is 3. The molecule has 0 aliphatic carbocycles. The topological polar surface area (TPSA) is 81.7 Å². The Morgan fingerprint density at radius 1 is 1.10 bits per heavy atom. The van der Waals surface area contributed by atoms with Crippen LogP contribution < -0.4 is 5.32 Å². The number of amides is 1. The molecule has 0 unspecified atom stereocenters. The highest BCUT2D eigenvalue weighted by Crippen LogP contribution is 2.22. The highest BCUT2D eigenvalue weighted by Gasteiger charge is 2.29. The number of ether oxygens (including phenoxy) is 1. The Kier molecular flexibility index (Phi) is 7.19. The highest BCUT2D eigenvalue weighted by atomic mass is 79.9. The molecular formula is C13H22BrNO5. The van der Waals surface area contributed by atoms with Crippen LogP contribution >= 0.6 is 16.3 Å². The van der Waals surface area contributed by atoms with Gasteiger partial charge in [0.15, 0.2) is 16.3 Å². The zero-order chi connectivity index (χ0) is 16.0. The minimum Gasteiger partial charge on any atom is -0.460 e. The van der Waals surface area contributed by atoms with Crippen LogP contribution in [-0.4, -0.2) is 30.0 Å². The molecule has 0 aromatic heterocycles. The average Bonchev–Trinajstić information content (AvgIpc) is 2.24. The van der Waals surface area contributed by atoms with Crippen LogP contribution in [-0.2, 0) is 22.9 Å². The van der Waals surface area contributed by atoms with Crippen LogP contribution in [0, 0.1) is 5.41 Å². The van der Waals surface area contributed by atoms with Crippen molar-refractivity contribution < 1.29 is 22.9 Å². The summed E-state index contributed by atoms with van der Waals surface area (Å²) in [6.45, 7) is 8.88. The van der Waals surface area contributed by atoms with E-state index in [4.69, 9.17) is 4.74 Å². The fourth-order valence-electron chi connectivity index (χ4n) is 1.29. The summed E-state index contributed by atoms with van der Waals surface area (Å²) >= 11 is 2.63. The van der Waals surface area contributed by atoms with Gasteiger partial charge in [0.1, 0.15) is 12.0 Å². The molecule has 0 radical (unpaired) electrons. The minimum absolute atomic E-state index is 0.275. The lowest BCUT2D eigenvalue weighted by Crippen LogP contribution is -2.34. The molecule has 0 fully saturated rings. The summed E-state index contributed by atoms with van der Waals surface area (Å²) in [5.41, 5.74) is -1.33. The van der Waals surface area contributed by atoms with E-state index in [1.165, 1.54) is 0 Å². The molecule has 6 nitrogen and oxygen atoms in total. The van der Waals surface area contributed by atoms with Crippen LogP contribution in [0.15, 0.2) is 0 Å². The quantitative estimate of drug-likeness (QED) is 0.585. The first-order valence-electron chi connectivity index (χ1n) is 6.29. The molecule has 20 heavy (non-hydrogen) atoms. The molecule has 0 heterocycles. The lowest BCUT2D eigenvalue weighted by atomic mass is 9.90. The van der Waals surface area contributed by atoms with E-state index in [2.05, 4.69) is 25.4 Å². The van der Waals surface area contributed by atoms with Crippen molar-refractivity contribution in [1.29, 1.82) is 0 Å². The summed E-state index contributed by atoms with van der Waals surface area (Å²) in [5, 5.41) is 2.57. The summed E-state index contributed by atoms with van der Waals surface area (Å²) in [6, 6.07) is 0. The maximum absolute atomic E-state index is 11.5. The number of nitrogens with one attached hydrogen (secondary N) is 1. The third kappa shape index (κ3) is 8.14. The first-order valence-corrected chi connectivity index (χ1v) is 6.94. The fraction of sp³-hybridized carbons (Fsp3) is 0.769. The summed E-state index contributed by atoms with van der Waals surface area (Å²) < 4.78 is 9.51. The number of hydrogen-bond donors (Lipinski definition) is 1. The molecule has 0 rings (SSSR count). The smallest absolute Gasteiger partial charge is 0.323 e. The van der Waals surface area contributed by atoms with Crippen LogP contribution in [0.3, 0.4) is 0 Å². The fourth-order valence-corrected chi connectivity index (χ4v) is 1.73. The van der Waals surface area contributed by atoms with Gasteiger partial charge in [-0.2, -0.15) is 0 Å². The molecule has 0 spiro atoms. The summed E-state index contributed by atoms with van der Waals surface area (Å²) in [7, 11) is 0.